The summed E-state index contributed by atoms with van der Waals surface area (Å²) in [4.78, 5) is 27.3. The summed E-state index contributed by atoms with van der Waals surface area (Å²) in [6.45, 7) is 4.27. The first kappa shape index (κ1) is 17.1. The van der Waals surface area contributed by atoms with E-state index in [9.17, 15) is 14.9 Å². The van der Waals surface area contributed by atoms with Crippen molar-refractivity contribution in [3.05, 3.63) is 33.3 Å². The van der Waals surface area contributed by atoms with Gasteiger partial charge < -0.3 is 5.32 Å². The number of halogens is 1. The largest absolute Gasteiger partial charge is 0.325 e. The van der Waals surface area contributed by atoms with Crippen molar-refractivity contribution in [2.75, 3.05) is 38.0 Å². The summed E-state index contributed by atoms with van der Waals surface area (Å²) in [5.41, 5.74) is 0.192. The zero-order chi connectivity index (χ0) is 17.1. The van der Waals surface area contributed by atoms with Crippen LogP contribution in [0.15, 0.2) is 18.2 Å². The number of piperazine rings is 1. The number of piperidine rings is 1. The number of carbonyl (C=O) groups excluding carboxylic acids is 1. The van der Waals surface area contributed by atoms with Gasteiger partial charge in [0.15, 0.2) is 0 Å². The van der Waals surface area contributed by atoms with E-state index in [-0.39, 0.29) is 16.6 Å². The van der Waals surface area contributed by atoms with E-state index >= 15 is 0 Å². The first-order valence-corrected chi connectivity index (χ1v) is 8.61. The minimum Gasteiger partial charge on any atom is -0.325 e. The van der Waals surface area contributed by atoms with Crippen LogP contribution in [-0.4, -0.2) is 59.4 Å². The molecule has 1 atom stereocenters. The van der Waals surface area contributed by atoms with E-state index in [4.69, 9.17) is 11.6 Å². The number of hydrogen-bond acceptors (Lipinski definition) is 5. The van der Waals surface area contributed by atoms with Crippen molar-refractivity contribution in [3.8, 4) is 0 Å². The van der Waals surface area contributed by atoms with Gasteiger partial charge in [-0.3, -0.25) is 24.7 Å². The zero-order valence-electron chi connectivity index (χ0n) is 13.4. The first-order chi connectivity index (χ1) is 11.5. The molecule has 8 heteroatoms. The third-order valence-corrected chi connectivity index (χ3v) is 5.03. The number of nitrogens with one attached hydrogen (secondary N) is 1. The quantitative estimate of drug-likeness (QED) is 0.664. The van der Waals surface area contributed by atoms with Crippen molar-refractivity contribution in [1.82, 2.24) is 9.80 Å². The number of nitro benzene ring substituents is 1. The predicted molar refractivity (Wildman–Crippen MR) is 92.4 cm³/mol. The number of anilines is 1. The van der Waals surface area contributed by atoms with Crippen LogP contribution >= 0.6 is 11.6 Å². The highest BCUT2D eigenvalue weighted by Crippen LogP contribution is 2.27. The van der Waals surface area contributed by atoms with Crippen LogP contribution in [0, 0.1) is 10.1 Å². The molecule has 0 aromatic heterocycles. The van der Waals surface area contributed by atoms with Crippen molar-refractivity contribution in [3.63, 3.8) is 0 Å². The number of nitro groups is 1. The molecule has 7 nitrogen and oxygen atoms in total. The predicted octanol–water partition coefficient (Wildman–Crippen LogP) is 2.36. The van der Waals surface area contributed by atoms with Crippen LogP contribution in [0.3, 0.4) is 0 Å². The molecule has 0 unspecified atom stereocenters. The van der Waals surface area contributed by atoms with Crippen molar-refractivity contribution < 1.29 is 9.72 Å². The summed E-state index contributed by atoms with van der Waals surface area (Å²) in [6, 6.07) is 4.85. The molecule has 0 aliphatic carbocycles. The number of fused-ring (bicyclic) bond motifs is 1. The van der Waals surface area contributed by atoms with E-state index in [2.05, 4.69) is 15.1 Å². The molecule has 1 aromatic rings. The summed E-state index contributed by atoms with van der Waals surface area (Å²) in [7, 11) is 0. The van der Waals surface area contributed by atoms with E-state index in [1.54, 1.807) is 6.07 Å². The van der Waals surface area contributed by atoms with Crippen molar-refractivity contribution in [1.29, 1.82) is 0 Å². The maximum absolute atomic E-state index is 12.2. The number of benzene rings is 1. The van der Waals surface area contributed by atoms with Crippen LogP contribution in [0.2, 0.25) is 5.02 Å². The summed E-state index contributed by atoms with van der Waals surface area (Å²) in [6.07, 6.45) is 3.73. The highest BCUT2D eigenvalue weighted by Gasteiger charge is 2.29. The second-order valence-electron chi connectivity index (χ2n) is 6.39. The average Bonchev–Trinajstić information content (AvgIpc) is 2.56. The Labute approximate surface area is 145 Å². The minimum absolute atomic E-state index is 0.0615. The standard InChI is InChI=1S/C16H21ClN4O3/c17-14-5-4-12(9-15(14)21(23)24)18-16(22)11-19-7-8-20-6-2-1-3-13(20)10-19/h4-5,9,13H,1-3,6-8,10-11H2,(H,18,22)/t13-/m0/s1. The molecule has 0 saturated carbocycles. The molecular weight excluding hydrogens is 332 g/mol. The van der Waals surface area contributed by atoms with Gasteiger partial charge >= 0.3 is 0 Å². The Kier molecular flexibility index (Phi) is 5.33. The average molecular weight is 353 g/mol. The molecule has 3 rings (SSSR count). The van der Waals surface area contributed by atoms with E-state index in [0.717, 1.165) is 19.6 Å². The Bertz CT molecular complexity index is 640. The van der Waals surface area contributed by atoms with Gasteiger partial charge in [-0.1, -0.05) is 18.0 Å². The van der Waals surface area contributed by atoms with E-state index < -0.39 is 4.92 Å². The maximum atomic E-state index is 12.2. The second-order valence-corrected chi connectivity index (χ2v) is 6.80. The van der Waals surface area contributed by atoms with Gasteiger partial charge in [0.25, 0.3) is 5.69 Å². The SMILES string of the molecule is O=C(CN1CCN2CCCC[C@H]2C1)Nc1ccc(Cl)c([N+](=O)[O-])c1. The van der Waals surface area contributed by atoms with E-state index in [0.29, 0.717) is 18.3 Å². The Morgan fingerprint density at radius 1 is 1.33 bits per heavy atom. The normalized spacial score (nSPS) is 22.0. The fourth-order valence-corrected chi connectivity index (χ4v) is 3.68. The lowest BCUT2D eigenvalue weighted by Gasteiger charge is -2.43. The van der Waals surface area contributed by atoms with E-state index in [1.165, 1.54) is 37.9 Å². The fraction of sp³-hybridized carbons (Fsp3) is 0.562. The minimum atomic E-state index is -0.555. The van der Waals surface area contributed by atoms with Crippen LogP contribution in [0.5, 0.6) is 0 Å². The lowest BCUT2D eigenvalue weighted by atomic mass is 9.99. The summed E-state index contributed by atoms with van der Waals surface area (Å²) >= 11 is 5.78. The molecule has 1 aromatic carbocycles. The molecule has 2 aliphatic heterocycles. The van der Waals surface area contributed by atoms with Crippen LogP contribution in [0.25, 0.3) is 0 Å². The molecule has 2 saturated heterocycles. The molecule has 2 aliphatic rings. The third-order valence-electron chi connectivity index (χ3n) is 4.72. The van der Waals surface area contributed by atoms with Gasteiger partial charge in [-0.25, -0.2) is 0 Å². The number of nitrogens with zero attached hydrogens (tertiary/aromatic N) is 3. The van der Waals surface area contributed by atoms with Crippen molar-refractivity contribution in [2.24, 2.45) is 0 Å². The summed E-state index contributed by atoms with van der Waals surface area (Å²) in [5.74, 6) is -0.157. The highest BCUT2D eigenvalue weighted by molar-refractivity contribution is 6.32. The van der Waals surface area contributed by atoms with E-state index in [1.807, 2.05) is 0 Å². The van der Waals surface area contributed by atoms with Crippen LogP contribution in [0.1, 0.15) is 19.3 Å². The van der Waals surface area contributed by atoms with Gasteiger partial charge in [-0.2, -0.15) is 0 Å². The Hall–Kier alpha value is -1.70. The summed E-state index contributed by atoms with van der Waals surface area (Å²) in [5, 5.41) is 13.7. The Morgan fingerprint density at radius 2 is 2.17 bits per heavy atom. The van der Waals surface area contributed by atoms with Crippen LogP contribution < -0.4 is 5.32 Å². The monoisotopic (exact) mass is 352 g/mol. The molecular formula is C16H21ClN4O3. The van der Waals surface area contributed by atoms with Gasteiger partial charge in [0.2, 0.25) is 5.91 Å². The molecule has 0 spiro atoms. The topological polar surface area (TPSA) is 78.7 Å². The number of amides is 1. The molecule has 0 radical (unpaired) electrons. The lowest BCUT2D eigenvalue weighted by molar-refractivity contribution is -0.384. The lowest BCUT2D eigenvalue weighted by Crippen LogP contribution is -2.55. The summed E-state index contributed by atoms with van der Waals surface area (Å²) < 4.78 is 0. The second kappa shape index (κ2) is 7.46. The van der Waals surface area contributed by atoms with Crippen molar-refractivity contribution >= 4 is 28.9 Å². The molecule has 24 heavy (non-hydrogen) atoms. The molecule has 2 heterocycles. The molecule has 1 N–H and O–H groups in total. The number of rotatable bonds is 4. The fourth-order valence-electron chi connectivity index (χ4n) is 3.50. The zero-order valence-corrected chi connectivity index (χ0v) is 14.2. The van der Waals surface area contributed by atoms with Gasteiger partial charge in [-0.15, -0.1) is 0 Å². The Balaban J connectivity index is 1.56. The molecule has 1 amide bonds. The van der Waals surface area contributed by atoms with Crippen LogP contribution in [-0.2, 0) is 4.79 Å². The van der Waals surface area contributed by atoms with Gasteiger partial charge in [0, 0.05) is 37.4 Å². The number of carbonyl (C=O) groups is 1. The molecule has 0 bridgehead atoms. The maximum Gasteiger partial charge on any atom is 0.289 e. The smallest absolute Gasteiger partial charge is 0.289 e. The van der Waals surface area contributed by atoms with Gasteiger partial charge in [0.1, 0.15) is 5.02 Å². The molecule has 130 valence electrons. The van der Waals surface area contributed by atoms with Crippen LogP contribution in [0.4, 0.5) is 11.4 Å². The third kappa shape index (κ3) is 4.03. The van der Waals surface area contributed by atoms with Gasteiger partial charge in [-0.05, 0) is 31.5 Å². The first-order valence-electron chi connectivity index (χ1n) is 8.23. The highest BCUT2D eigenvalue weighted by atomic mass is 35.5. The number of hydrogen-bond donors (Lipinski definition) is 1. The molecule has 2 fully saturated rings. The van der Waals surface area contributed by atoms with Gasteiger partial charge in [0.05, 0.1) is 11.5 Å². The Morgan fingerprint density at radius 3 is 2.96 bits per heavy atom. The van der Waals surface area contributed by atoms with Crippen molar-refractivity contribution in [2.45, 2.75) is 25.3 Å².